The number of benzene rings is 1. The van der Waals surface area contributed by atoms with Crippen LogP contribution in [0.15, 0.2) is 48.8 Å². The van der Waals surface area contributed by atoms with E-state index >= 15 is 0 Å². The highest BCUT2D eigenvalue weighted by atomic mass is 32.2. The van der Waals surface area contributed by atoms with Gasteiger partial charge in [0.15, 0.2) is 0 Å². The van der Waals surface area contributed by atoms with Crippen LogP contribution in [0.25, 0.3) is 5.69 Å². The minimum Gasteiger partial charge on any atom is -0.381 e. The van der Waals surface area contributed by atoms with E-state index in [2.05, 4.69) is 77.4 Å². The molecule has 2 heterocycles. The maximum absolute atomic E-state index is 3.70. The Kier molecular flexibility index (Phi) is 3.83. The molecule has 2 nitrogen and oxygen atoms in total. The summed E-state index contributed by atoms with van der Waals surface area (Å²) in [5, 5.41) is 4.40. The van der Waals surface area contributed by atoms with Crippen molar-refractivity contribution < 1.29 is 0 Å². The zero-order valence-corrected chi connectivity index (χ0v) is 12.1. The van der Waals surface area contributed by atoms with Crippen LogP contribution >= 0.6 is 11.8 Å². The van der Waals surface area contributed by atoms with Gasteiger partial charge in [0.25, 0.3) is 0 Å². The molecule has 1 N–H and O–H groups in total. The third-order valence-corrected chi connectivity index (χ3v) is 5.09. The Balaban J connectivity index is 1.76. The molecule has 0 radical (unpaired) electrons. The van der Waals surface area contributed by atoms with E-state index in [9.17, 15) is 0 Å². The number of hydrogen-bond donors (Lipinski definition) is 1. The number of aromatic nitrogens is 1. The minimum atomic E-state index is 0.596. The first-order chi connectivity index (χ1) is 9.33. The summed E-state index contributed by atoms with van der Waals surface area (Å²) in [4.78, 5) is 0. The molecule has 1 aromatic carbocycles. The molecule has 3 heteroatoms. The third kappa shape index (κ3) is 2.98. The van der Waals surface area contributed by atoms with Crippen LogP contribution in [-0.4, -0.2) is 21.6 Å². The van der Waals surface area contributed by atoms with Crippen LogP contribution in [0, 0.1) is 0 Å². The molecule has 2 aromatic rings. The van der Waals surface area contributed by atoms with Crippen LogP contribution < -0.4 is 5.32 Å². The number of thioether (sulfide) groups is 1. The molecule has 1 fully saturated rings. The van der Waals surface area contributed by atoms with Crippen LogP contribution in [-0.2, 0) is 0 Å². The fraction of sp³-hybridized carbons (Fsp3) is 0.375. The number of anilines is 1. The predicted octanol–water partition coefficient (Wildman–Crippen LogP) is 4.17. The molecule has 2 unspecified atom stereocenters. The van der Waals surface area contributed by atoms with Crippen molar-refractivity contribution in [1.82, 2.24) is 4.57 Å². The Morgan fingerprint density at radius 3 is 2.84 bits per heavy atom. The number of nitrogens with one attached hydrogen (secondary N) is 1. The van der Waals surface area contributed by atoms with Gasteiger partial charge in [-0.3, -0.25) is 0 Å². The summed E-state index contributed by atoms with van der Waals surface area (Å²) in [7, 11) is 0. The monoisotopic (exact) mass is 272 g/mol. The first kappa shape index (κ1) is 12.7. The molecular formula is C16H20N2S. The highest BCUT2D eigenvalue weighted by Crippen LogP contribution is 2.28. The van der Waals surface area contributed by atoms with E-state index in [0.717, 1.165) is 0 Å². The standard InChI is InChI=1S/C16H20N2S/c1-13-16(8-5-11-19-13)17-14-6-4-7-15(12-14)18-9-2-3-10-18/h2-4,6-7,9-10,12-13,16-17H,5,8,11H2,1H3. The van der Waals surface area contributed by atoms with E-state index in [1.807, 2.05) is 0 Å². The van der Waals surface area contributed by atoms with Crippen LogP contribution in [0.5, 0.6) is 0 Å². The van der Waals surface area contributed by atoms with Gasteiger partial charge in [-0.25, -0.2) is 0 Å². The summed E-state index contributed by atoms with van der Waals surface area (Å²) >= 11 is 2.08. The zero-order chi connectivity index (χ0) is 13.1. The van der Waals surface area contributed by atoms with Gasteiger partial charge in [0.1, 0.15) is 0 Å². The Hall–Kier alpha value is -1.35. The van der Waals surface area contributed by atoms with E-state index < -0.39 is 0 Å². The Labute approximate surface area is 119 Å². The second kappa shape index (κ2) is 5.74. The van der Waals surface area contributed by atoms with E-state index in [1.165, 1.54) is 30.0 Å². The topological polar surface area (TPSA) is 17.0 Å². The van der Waals surface area contributed by atoms with Crippen LogP contribution in [0.4, 0.5) is 5.69 Å². The van der Waals surface area contributed by atoms with Crippen LogP contribution in [0.1, 0.15) is 19.8 Å². The maximum atomic E-state index is 3.70. The average molecular weight is 272 g/mol. The summed E-state index contributed by atoms with van der Waals surface area (Å²) in [5.74, 6) is 1.31. The molecule has 0 bridgehead atoms. The molecular weight excluding hydrogens is 252 g/mol. The molecule has 1 aliphatic heterocycles. The molecule has 2 atom stereocenters. The quantitative estimate of drug-likeness (QED) is 0.903. The van der Waals surface area contributed by atoms with Gasteiger partial charge in [0, 0.05) is 35.1 Å². The van der Waals surface area contributed by atoms with Gasteiger partial charge >= 0.3 is 0 Å². The van der Waals surface area contributed by atoms with E-state index in [1.54, 1.807) is 0 Å². The molecule has 1 aromatic heterocycles. The van der Waals surface area contributed by atoms with Gasteiger partial charge in [0.05, 0.1) is 0 Å². The minimum absolute atomic E-state index is 0.596. The van der Waals surface area contributed by atoms with Crippen molar-refractivity contribution >= 4 is 17.4 Å². The summed E-state index contributed by atoms with van der Waals surface area (Å²) in [6, 6.07) is 13.4. The lowest BCUT2D eigenvalue weighted by Crippen LogP contribution is -2.32. The molecule has 0 aliphatic carbocycles. The molecule has 1 aliphatic rings. The zero-order valence-electron chi connectivity index (χ0n) is 11.3. The summed E-state index contributed by atoms with van der Waals surface area (Å²) in [5.41, 5.74) is 2.44. The maximum Gasteiger partial charge on any atom is 0.0469 e. The van der Waals surface area contributed by atoms with Crippen LogP contribution in [0.2, 0.25) is 0 Å². The van der Waals surface area contributed by atoms with Crippen molar-refractivity contribution in [3.05, 3.63) is 48.8 Å². The van der Waals surface area contributed by atoms with Gasteiger partial charge < -0.3 is 9.88 Å². The molecule has 1 saturated heterocycles. The summed E-state index contributed by atoms with van der Waals surface area (Å²) in [6.45, 7) is 2.33. The Morgan fingerprint density at radius 1 is 1.21 bits per heavy atom. The Bertz CT molecular complexity index is 521. The first-order valence-corrected chi connectivity index (χ1v) is 7.99. The predicted molar refractivity (Wildman–Crippen MR) is 84.3 cm³/mol. The van der Waals surface area contributed by atoms with Gasteiger partial charge in [-0.1, -0.05) is 13.0 Å². The van der Waals surface area contributed by atoms with Crippen molar-refractivity contribution in [3.8, 4) is 5.69 Å². The highest BCUT2D eigenvalue weighted by Gasteiger charge is 2.21. The molecule has 19 heavy (non-hydrogen) atoms. The fourth-order valence-corrected chi connectivity index (χ4v) is 3.73. The van der Waals surface area contributed by atoms with Crippen LogP contribution in [0.3, 0.4) is 0 Å². The summed E-state index contributed by atoms with van der Waals surface area (Å²) in [6.07, 6.45) is 6.77. The van der Waals surface area contributed by atoms with Crippen molar-refractivity contribution in [2.75, 3.05) is 11.1 Å². The van der Waals surface area contributed by atoms with Crippen molar-refractivity contribution in [3.63, 3.8) is 0 Å². The van der Waals surface area contributed by atoms with Gasteiger partial charge in [-0.2, -0.15) is 11.8 Å². The molecule has 0 amide bonds. The summed E-state index contributed by atoms with van der Waals surface area (Å²) < 4.78 is 2.14. The van der Waals surface area contributed by atoms with Gasteiger partial charge in [0.2, 0.25) is 0 Å². The Morgan fingerprint density at radius 2 is 2.05 bits per heavy atom. The number of hydrogen-bond acceptors (Lipinski definition) is 2. The largest absolute Gasteiger partial charge is 0.381 e. The second-order valence-electron chi connectivity index (χ2n) is 5.11. The second-order valence-corrected chi connectivity index (χ2v) is 6.59. The molecule has 3 rings (SSSR count). The smallest absolute Gasteiger partial charge is 0.0469 e. The SMILES string of the molecule is CC1SCCCC1Nc1cccc(-n2cccc2)c1. The van der Waals surface area contributed by atoms with E-state index in [0.29, 0.717) is 11.3 Å². The number of rotatable bonds is 3. The van der Waals surface area contributed by atoms with E-state index in [-0.39, 0.29) is 0 Å². The lowest BCUT2D eigenvalue weighted by atomic mass is 10.1. The van der Waals surface area contributed by atoms with Crippen molar-refractivity contribution in [2.24, 2.45) is 0 Å². The number of nitrogens with zero attached hydrogens (tertiary/aromatic N) is 1. The molecule has 0 saturated carbocycles. The lowest BCUT2D eigenvalue weighted by molar-refractivity contribution is 0.617. The highest BCUT2D eigenvalue weighted by molar-refractivity contribution is 8.00. The van der Waals surface area contributed by atoms with Crippen molar-refractivity contribution in [2.45, 2.75) is 31.1 Å². The van der Waals surface area contributed by atoms with E-state index in [4.69, 9.17) is 0 Å². The first-order valence-electron chi connectivity index (χ1n) is 6.94. The average Bonchev–Trinajstić information content (AvgIpc) is 2.96. The fourth-order valence-electron chi connectivity index (χ4n) is 2.59. The molecule has 100 valence electrons. The van der Waals surface area contributed by atoms with Gasteiger partial charge in [-0.15, -0.1) is 0 Å². The van der Waals surface area contributed by atoms with Gasteiger partial charge in [-0.05, 0) is 48.9 Å². The molecule has 0 spiro atoms. The van der Waals surface area contributed by atoms with Crippen molar-refractivity contribution in [1.29, 1.82) is 0 Å². The normalized spacial score (nSPS) is 23.2. The lowest BCUT2D eigenvalue weighted by Gasteiger charge is -2.30. The third-order valence-electron chi connectivity index (χ3n) is 3.71.